The van der Waals surface area contributed by atoms with E-state index in [1.165, 1.54) is 0 Å². The predicted octanol–water partition coefficient (Wildman–Crippen LogP) is 1.92. The Hall–Kier alpha value is -0.680. The summed E-state index contributed by atoms with van der Waals surface area (Å²) in [5.41, 5.74) is 0. The zero-order valence-corrected chi connectivity index (χ0v) is 10.2. The SMILES string of the molecule is CC1CN(C(=O)c2nnc(Cl)s2)CC1C. The van der Waals surface area contributed by atoms with Gasteiger partial charge >= 0.3 is 0 Å². The molecule has 1 aromatic rings. The number of amides is 1. The molecule has 1 aromatic heterocycles. The fraction of sp³-hybridized carbons (Fsp3) is 0.667. The van der Waals surface area contributed by atoms with Crippen LogP contribution in [-0.2, 0) is 0 Å². The van der Waals surface area contributed by atoms with E-state index in [1.54, 1.807) is 0 Å². The van der Waals surface area contributed by atoms with Crippen LogP contribution >= 0.6 is 22.9 Å². The second kappa shape index (κ2) is 4.06. The van der Waals surface area contributed by atoms with Crippen LogP contribution < -0.4 is 0 Å². The highest BCUT2D eigenvalue weighted by atomic mass is 35.5. The van der Waals surface area contributed by atoms with Gasteiger partial charge in [0.1, 0.15) is 0 Å². The molecule has 2 heterocycles. The lowest BCUT2D eigenvalue weighted by Crippen LogP contribution is -2.28. The van der Waals surface area contributed by atoms with Crippen molar-refractivity contribution in [2.24, 2.45) is 11.8 Å². The largest absolute Gasteiger partial charge is 0.336 e. The van der Waals surface area contributed by atoms with Gasteiger partial charge in [0.05, 0.1) is 0 Å². The Morgan fingerprint density at radius 3 is 2.47 bits per heavy atom. The molecule has 2 atom stereocenters. The first-order valence-electron chi connectivity index (χ1n) is 4.86. The van der Waals surface area contributed by atoms with E-state index < -0.39 is 0 Å². The molecule has 4 nitrogen and oxygen atoms in total. The van der Waals surface area contributed by atoms with Gasteiger partial charge in [-0.2, -0.15) is 0 Å². The maximum atomic E-state index is 11.9. The average molecular weight is 246 g/mol. The van der Waals surface area contributed by atoms with Gasteiger partial charge in [-0.25, -0.2) is 0 Å². The average Bonchev–Trinajstić information content (AvgIpc) is 2.74. The maximum Gasteiger partial charge on any atom is 0.284 e. The molecular weight excluding hydrogens is 234 g/mol. The van der Waals surface area contributed by atoms with E-state index in [4.69, 9.17) is 11.6 Å². The molecule has 2 rings (SSSR count). The molecule has 1 saturated heterocycles. The van der Waals surface area contributed by atoms with Crippen LogP contribution in [0.25, 0.3) is 0 Å². The smallest absolute Gasteiger partial charge is 0.284 e. The van der Waals surface area contributed by atoms with Gasteiger partial charge in [0.2, 0.25) is 9.47 Å². The van der Waals surface area contributed by atoms with E-state index >= 15 is 0 Å². The van der Waals surface area contributed by atoms with Gasteiger partial charge < -0.3 is 4.90 Å². The Balaban J connectivity index is 2.10. The summed E-state index contributed by atoms with van der Waals surface area (Å²) in [5, 5.41) is 7.78. The molecule has 0 aromatic carbocycles. The molecule has 0 aliphatic carbocycles. The van der Waals surface area contributed by atoms with Gasteiger partial charge in [-0.3, -0.25) is 4.79 Å². The van der Waals surface area contributed by atoms with Gasteiger partial charge in [0.25, 0.3) is 5.91 Å². The number of hydrogen-bond acceptors (Lipinski definition) is 4. The number of halogens is 1. The van der Waals surface area contributed by atoms with Crippen LogP contribution in [0.2, 0.25) is 4.47 Å². The van der Waals surface area contributed by atoms with Crippen molar-refractivity contribution in [3.8, 4) is 0 Å². The van der Waals surface area contributed by atoms with Crippen LogP contribution in [0.3, 0.4) is 0 Å². The topological polar surface area (TPSA) is 46.1 Å². The minimum atomic E-state index is -0.0457. The number of nitrogens with zero attached hydrogens (tertiary/aromatic N) is 3. The molecule has 15 heavy (non-hydrogen) atoms. The summed E-state index contributed by atoms with van der Waals surface area (Å²) in [4.78, 5) is 13.8. The first kappa shape index (κ1) is 10.8. The third kappa shape index (κ3) is 2.13. The standard InChI is InChI=1S/C9H12ClN3OS/c1-5-3-13(4-6(5)2)8(14)7-11-12-9(10)15-7/h5-6H,3-4H2,1-2H3. The van der Waals surface area contributed by atoms with Gasteiger partial charge in [-0.05, 0) is 23.4 Å². The highest BCUT2D eigenvalue weighted by Gasteiger charge is 2.31. The lowest BCUT2D eigenvalue weighted by molar-refractivity contribution is 0.0784. The highest BCUT2D eigenvalue weighted by molar-refractivity contribution is 7.17. The minimum Gasteiger partial charge on any atom is -0.336 e. The molecule has 82 valence electrons. The molecule has 6 heteroatoms. The Bertz CT molecular complexity index is 371. The molecule has 1 aliphatic heterocycles. The van der Waals surface area contributed by atoms with Crippen LogP contribution in [0.5, 0.6) is 0 Å². The second-order valence-corrected chi connectivity index (χ2v) is 5.58. The molecule has 2 unspecified atom stereocenters. The second-order valence-electron chi connectivity index (χ2n) is 4.02. The molecule has 0 radical (unpaired) electrons. The Labute approximate surface area is 97.3 Å². The molecule has 0 spiro atoms. The number of aromatic nitrogens is 2. The first-order chi connectivity index (χ1) is 7.08. The maximum absolute atomic E-state index is 11.9. The first-order valence-corrected chi connectivity index (χ1v) is 6.05. The highest BCUT2D eigenvalue weighted by Crippen LogP contribution is 2.25. The zero-order valence-electron chi connectivity index (χ0n) is 8.61. The lowest BCUT2D eigenvalue weighted by Gasteiger charge is -2.13. The van der Waals surface area contributed by atoms with Crippen molar-refractivity contribution in [2.75, 3.05) is 13.1 Å². The fourth-order valence-electron chi connectivity index (χ4n) is 1.72. The third-order valence-electron chi connectivity index (χ3n) is 2.86. The van der Waals surface area contributed by atoms with Gasteiger partial charge in [-0.1, -0.05) is 25.2 Å². The summed E-state index contributed by atoms with van der Waals surface area (Å²) in [6.07, 6.45) is 0. The summed E-state index contributed by atoms with van der Waals surface area (Å²) in [6.45, 7) is 5.92. The molecule has 1 fully saturated rings. The van der Waals surface area contributed by atoms with Crippen LogP contribution in [0.15, 0.2) is 0 Å². The van der Waals surface area contributed by atoms with Crippen molar-refractivity contribution >= 4 is 28.8 Å². The van der Waals surface area contributed by atoms with Crippen molar-refractivity contribution in [1.29, 1.82) is 0 Å². The number of likely N-dealkylation sites (tertiary alicyclic amines) is 1. The van der Waals surface area contributed by atoms with Crippen LogP contribution in [0.1, 0.15) is 23.6 Å². The van der Waals surface area contributed by atoms with Crippen molar-refractivity contribution in [2.45, 2.75) is 13.8 Å². The Morgan fingerprint density at radius 2 is 2.00 bits per heavy atom. The Morgan fingerprint density at radius 1 is 1.40 bits per heavy atom. The fourth-order valence-corrected chi connectivity index (χ4v) is 2.52. The zero-order chi connectivity index (χ0) is 11.0. The van der Waals surface area contributed by atoms with Crippen LogP contribution in [-0.4, -0.2) is 34.1 Å². The number of rotatable bonds is 1. The number of carbonyl (C=O) groups excluding carboxylic acids is 1. The van der Waals surface area contributed by atoms with Crippen molar-refractivity contribution in [3.63, 3.8) is 0 Å². The summed E-state index contributed by atoms with van der Waals surface area (Å²) in [7, 11) is 0. The monoisotopic (exact) mass is 245 g/mol. The van der Waals surface area contributed by atoms with Crippen molar-refractivity contribution < 1.29 is 4.79 Å². The molecule has 1 aliphatic rings. The summed E-state index contributed by atoms with van der Waals surface area (Å²) < 4.78 is 0.318. The molecule has 0 bridgehead atoms. The number of hydrogen-bond donors (Lipinski definition) is 0. The Kier molecular flexibility index (Phi) is 2.93. The summed E-state index contributed by atoms with van der Waals surface area (Å²) >= 11 is 6.78. The molecule has 0 N–H and O–H groups in total. The molecule has 1 amide bonds. The van der Waals surface area contributed by atoms with Crippen molar-refractivity contribution in [3.05, 3.63) is 9.47 Å². The van der Waals surface area contributed by atoms with Gasteiger partial charge in [-0.15, -0.1) is 10.2 Å². The van der Waals surface area contributed by atoms with Crippen molar-refractivity contribution in [1.82, 2.24) is 15.1 Å². The quantitative estimate of drug-likeness (QED) is 0.760. The van der Waals surface area contributed by atoms with Crippen LogP contribution in [0, 0.1) is 11.8 Å². The summed E-state index contributed by atoms with van der Waals surface area (Å²) in [5.74, 6) is 1.06. The van der Waals surface area contributed by atoms with Crippen LogP contribution in [0.4, 0.5) is 0 Å². The van der Waals surface area contributed by atoms with E-state index in [9.17, 15) is 4.79 Å². The van der Waals surface area contributed by atoms with E-state index in [1.807, 2.05) is 4.90 Å². The van der Waals surface area contributed by atoms with Gasteiger partial charge in [0, 0.05) is 13.1 Å². The van der Waals surface area contributed by atoms with E-state index in [-0.39, 0.29) is 5.91 Å². The van der Waals surface area contributed by atoms with Gasteiger partial charge in [0.15, 0.2) is 0 Å². The number of carbonyl (C=O) groups is 1. The normalized spacial score (nSPS) is 25.9. The van der Waals surface area contributed by atoms with E-state index in [0.717, 1.165) is 24.4 Å². The molecular formula is C9H12ClN3OS. The third-order valence-corrected chi connectivity index (χ3v) is 3.87. The minimum absolute atomic E-state index is 0.0457. The van der Waals surface area contributed by atoms with E-state index in [0.29, 0.717) is 21.3 Å². The summed E-state index contributed by atoms with van der Waals surface area (Å²) in [6, 6.07) is 0. The lowest BCUT2D eigenvalue weighted by atomic mass is 10.0. The predicted molar refractivity (Wildman–Crippen MR) is 59.2 cm³/mol. The van der Waals surface area contributed by atoms with E-state index in [2.05, 4.69) is 24.0 Å². The molecule has 0 saturated carbocycles.